The monoisotopic (exact) mass is 339 g/mol. The highest BCUT2D eigenvalue weighted by molar-refractivity contribution is 6.03. The molecule has 2 heterocycles. The molecule has 0 saturated heterocycles. The van der Waals surface area contributed by atoms with Crippen LogP contribution in [0.4, 0.5) is 5.82 Å². The Hall–Kier alpha value is -2.96. The number of benzene rings is 1. The number of carbonyl (C=O) groups is 1. The second-order valence-corrected chi connectivity index (χ2v) is 5.98. The van der Waals surface area contributed by atoms with Crippen LogP contribution in [0.5, 0.6) is 0 Å². The van der Waals surface area contributed by atoms with Crippen molar-refractivity contribution in [3.63, 3.8) is 0 Å². The van der Waals surface area contributed by atoms with Crippen LogP contribution in [0.15, 0.2) is 34.9 Å². The number of amides is 1. The van der Waals surface area contributed by atoms with E-state index in [0.29, 0.717) is 17.3 Å². The Bertz CT molecular complexity index is 864. The third kappa shape index (κ3) is 3.76. The summed E-state index contributed by atoms with van der Waals surface area (Å²) in [5, 5.41) is 14.5. The first-order valence-corrected chi connectivity index (χ1v) is 8.34. The number of carbonyl (C=O) groups excluding carboxylic acids is 1. The van der Waals surface area contributed by atoms with E-state index in [4.69, 9.17) is 4.52 Å². The summed E-state index contributed by atoms with van der Waals surface area (Å²) >= 11 is 0. The lowest BCUT2D eigenvalue weighted by Gasteiger charge is -2.05. The first-order valence-electron chi connectivity index (χ1n) is 8.34. The first kappa shape index (κ1) is 16.9. The highest BCUT2D eigenvalue weighted by Gasteiger charge is 2.18. The Labute approximate surface area is 146 Å². The summed E-state index contributed by atoms with van der Waals surface area (Å²) in [5.41, 5.74) is 3.10. The molecule has 0 aliphatic heterocycles. The molecule has 0 atom stereocenters. The third-order valence-corrected chi connectivity index (χ3v) is 3.98. The lowest BCUT2D eigenvalue weighted by atomic mass is 10.1. The summed E-state index contributed by atoms with van der Waals surface area (Å²) < 4.78 is 6.60. The fourth-order valence-corrected chi connectivity index (χ4v) is 2.57. The Morgan fingerprint density at radius 2 is 2.00 bits per heavy atom. The number of anilines is 1. The van der Waals surface area contributed by atoms with Crippen LogP contribution in [0.25, 0.3) is 5.69 Å². The van der Waals surface area contributed by atoms with Crippen LogP contribution in [0, 0.1) is 13.8 Å². The van der Waals surface area contributed by atoms with Gasteiger partial charge in [-0.25, -0.2) is 4.68 Å². The molecule has 130 valence electrons. The van der Waals surface area contributed by atoms with Crippen molar-refractivity contribution in [2.75, 3.05) is 5.32 Å². The van der Waals surface area contributed by atoms with Crippen LogP contribution in [0.3, 0.4) is 0 Å². The van der Waals surface area contributed by atoms with Crippen molar-refractivity contribution < 1.29 is 9.32 Å². The largest absolute Gasteiger partial charge is 0.360 e. The topological polar surface area (TPSA) is 85.8 Å². The van der Waals surface area contributed by atoms with Crippen molar-refractivity contribution in [1.29, 1.82) is 0 Å². The quantitative estimate of drug-likeness (QED) is 0.743. The second-order valence-electron chi connectivity index (χ2n) is 5.98. The molecular formula is C18H21N5O2. The van der Waals surface area contributed by atoms with Crippen molar-refractivity contribution in [1.82, 2.24) is 20.2 Å². The summed E-state index contributed by atoms with van der Waals surface area (Å²) in [6.07, 6.45) is 3.42. The molecule has 0 saturated carbocycles. The van der Waals surface area contributed by atoms with Gasteiger partial charge < -0.3 is 9.84 Å². The molecule has 25 heavy (non-hydrogen) atoms. The summed E-state index contributed by atoms with van der Waals surface area (Å²) in [5.74, 6) is 0.618. The number of unbranched alkanes of at least 4 members (excludes halogenated alkanes) is 1. The number of aryl methyl sites for hydroxylation is 2. The van der Waals surface area contributed by atoms with E-state index in [1.54, 1.807) is 17.7 Å². The van der Waals surface area contributed by atoms with E-state index >= 15 is 0 Å². The minimum atomic E-state index is -0.364. The van der Waals surface area contributed by atoms with Gasteiger partial charge in [0.15, 0.2) is 11.5 Å². The fraction of sp³-hybridized carbons (Fsp3) is 0.333. The Morgan fingerprint density at radius 1 is 1.24 bits per heavy atom. The average Bonchev–Trinajstić information content (AvgIpc) is 3.19. The summed E-state index contributed by atoms with van der Waals surface area (Å²) in [7, 11) is 0. The number of hydrogen-bond donors (Lipinski definition) is 1. The van der Waals surface area contributed by atoms with Gasteiger partial charge in [0.2, 0.25) is 0 Å². The van der Waals surface area contributed by atoms with Gasteiger partial charge in [-0.15, -0.1) is 5.10 Å². The Morgan fingerprint density at radius 3 is 2.64 bits per heavy atom. The van der Waals surface area contributed by atoms with E-state index in [1.165, 1.54) is 18.4 Å². The van der Waals surface area contributed by atoms with Crippen LogP contribution >= 0.6 is 0 Å². The van der Waals surface area contributed by atoms with E-state index < -0.39 is 0 Å². The van der Waals surface area contributed by atoms with Gasteiger partial charge in [-0.3, -0.25) is 4.79 Å². The SMILES string of the molecule is CCCCc1ccc(-n2nnc(C(=O)Nc3cc(C)on3)c2C)cc1. The van der Waals surface area contributed by atoms with Gasteiger partial charge in [0.25, 0.3) is 5.91 Å². The molecule has 0 unspecified atom stereocenters. The molecule has 0 bridgehead atoms. The highest BCUT2D eigenvalue weighted by atomic mass is 16.5. The second kappa shape index (κ2) is 7.29. The molecule has 7 heteroatoms. The standard InChI is InChI=1S/C18H21N5O2/c1-4-5-6-14-7-9-15(10-8-14)23-13(3)17(20-22-23)18(24)19-16-11-12(2)25-21-16/h7-11H,4-6H2,1-3H3,(H,19,21,24). The lowest BCUT2D eigenvalue weighted by molar-refractivity contribution is 0.102. The molecule has 1 aromatic carbocycles. The molecule has 0 fully saturated rings. The maximum Gasteiger partial charge on any atom is 0.279 e. The molecule has 1 amide bonds. The number of rotatable bonds is 6. The summed E-state index contributed by atoms with van der Waals surface area (Å²) in [4.78, 5) is 12.4. The lowest BCUT2D eigenvalue weighted by Crippen LogP contribution is -2.14. The number of hydrogen-bond acceptors (Lipinski definition) is 5. The van der Waals surface area contributed by atoms with Gasteiger partial charge in [0.05, 0.1) is 11.4 Å². The van der Waals surface area contributed by atoms with Gasteiger partial charge in [-0.1, -0.05) is 35.8 Å². The smallest absolute Gasteiger partial charge is 0.279 e. The van der Waals surface area contributed by atoms with Crippen molar-refractivity contribution >= 4 is 11.7 Å². The normalized spacial score (nSPS) is 10.8. The summed E-state index contributed by atoms with van der Waals surface area (Å²) in [6.45, 7) is 5.75. The van der Waals surface area contributed by atoms with Gasteiger partial charge in [-0.05, 0) is 44.4 Å². The predicted octanol–water partition coefficient (Wildman–Crippen LogP) is 3.47. The van der Waals surface area contributed by atoms with Crippen molar-refractivity contribution in [2.45, 2.75) is 40.0 Å². The molecule has 1 N–H and O–H groups in total. The molecule has 0 radical (unpaired) electrons. The average molecular weight is 339 g/mol. The van der Waals surface area contributed by atoms with E-state index in [1.807, 2.05) is 19.1 Å². The molecule has 0 aliphatic carbocycles. The van der Waals surface area contributed by atoms with E-state index in [9.17, 15) is 4.79 Å². The van der Waals surface area contributed by atoms with Gasteiger partial charge in [0, 0.05) is 6.07 Å². The Balaban J connectivity index is 1.77. The van der Waals surface area contributed by atoms with E-state index in [2.05, 4.69) is 39.8 Å². The van der Waals surface area contributed by atoms with Crippen LogP contribution in [0.1, 0.15) is 47.3 Å². The van der Waals surface area contributed by atoms with Gasteiger partial charge in [0.1, 0.15) is 5.76 Å². The maximum atomic E-state index is 12.4. The third-order valence-electron chi connectivity index (χ3n) is 3.98. The molecule has 7 nitrogen and oxygen atoms in total. The van der Waals surface area contributed by atoms with Gasteiger partial charge >= 0.3 is 0 Å². The van der Waals surface area contributed by atoms with Crippen molar-refractivity contribution in [3.8, 4) is 5.69 Å². The zero-order valence-electron chi connectivity index (χ0n) is 14.6. The number of nitrogens with zero attached hydrogens (tertiary/aromatic N) is 4. The van der Waals surface area contributed by atoms with Crippen molar-refractivity contribution in [3.05, 3.63) is 53.0 Å². The van der Waals surface area contributed by atoms with Crippen LogP contribution in [-0.2, 0) is 6.42 Å². The zero-order valence-corrected chi connectivity index (χ0v) is 14.6. The van der Waals surface area contributed by atoms with Crippen LogP contribution in [-0.4, -0.2) is 26.1 Å². The maximum absolute atomic E-state index is 12.4. The zero-order chi connectivity index (χ0) is 17.8. The number of aromatic nitrogens is 4. The molecule has 0 aliphatic rings. The fourth-order valence-electron chi connectivity index (χ4n) is 2.57. The van der Waals surface area contributed by atoms with E-state index in [0.717, 1.165) is 12.1 Å². The molecule has 3 rings (SSSR count). The number of nitrogens with one attached hydrogen (secondary N) is 1. The predicted molar refractivity (Wildman–Crippen MR) is 93.9 cm³/mol. The minimum absolute atomic E-state index is 0.260. The first-order chi connectivity index (χ1) is 12.1. The summed E-state index contributed by atoms with van der Waals surface area (Å²) in [6, 6.07) is 9.81. The molecule has 3 aromatic rings. The van der Waals surface area contributed by atoms with E-state index in [-0.39, 0.29) is 11.6 Å². The molecule has 2 aromatic heterocycles. The molecule has 0 spiro atoms. The highest BCUT2D eigenvalue weighted by Crippen LogP contribution is 2.16. The Kier molecular flexibility index (Phi) is 4.92. The van der Waals surface area contributed by atoms with Gasteiger partial charge in [-0.2, -0.15) is 0 Å². The van der Waals surface area contributed by atoms with Crippen LogP contribution in [0.2, 0.25) is 0 Å². The minimum Gasteiger partial charge on any atom is -0.360 e. The van der Waals surface area contributed by atoms with Crippen molar-refractivity contribution in [2.24, 2.45) is 0 Å². The van der Waals surface area contributed by atoms with Crippen LogP contribution < -0.4 is 5.32 Å². The molecular weight excluding hydrogens is 318 g/mol.